The van der Waals surface area contributed by atoms with Crippen LogP contribution in [-0.4, -0.2) is 15.5 Å². The van der Waals surface area contributed by atoms with Crippen molar-refractivity contribution in [3.63, 3.8) is 0 Å². The predicted octanol–water partition coefficient (Wildman–Crippen LogP) is 4.52. The highest BCUT2D eigenvalue weighted by Crippen LogP contribution is 2.33. The molecule has 9 heteroatoms. The maximum atomic E-state index is 12.6. The maximum Gasteiger partial charge on any atom is 0.266 e. The van der Waals surface area contributed by atoms with Crippen molar-refractivity contribution in [3.05, 3.63) is 54.3 Å². The number of aromatic nitrogens is 2. The minimum Gasteiger partial charge on any atom is -0.320 e. The van der Waals surface area contributed by atoms with Gasteiger partial charge in [0.2, 0.25) is 0 Å². The molecule has 5 nitrogen and oxygen atoms in total. The van der Waals surface area contributed by atoms with Gasteiger partial charge in [-0.1, -0.05) is 34.8 Å². The van der Waals surface area contributed by atoms with Gasteiger partial charge in [-0.05, 0) is 24.6 Å². The number of nitrogens with zero attached hydrogens (tertiary/aromatic N) is 2. The summed E-state index contributed by atoms with van der Waals surface area (Å²) in [4.78, 5) is 29.9. The zero-order valence-corrected chi connectivity index (χ0v) is 15.6. The van der Waals surface area contributed by atoms with Crippen LogP contribution in [0.5, 0.6) is 0 Å². The fourth-order valence-electron chi connectivity index (χ4n) is 2.22. The van der Waals surface area contributed by atoms with E-state index in [0.29, 0.717) is 31.4 Å². The molecule has 124 valence electrons. The Kier molecular flexibility index (Phi) is 4.57. The highest BCUT2D eigenvalue weighted by Gasteiger charge is 2.20. The summed E-state index contributed by atoms with van der Waals surface area (Å²) in [5, 5.41) is 3.97. The molecule has 24 heavy (non-hydrogen) atoms. The van der Waals surface area contributed by atoms with Gasteiger partial charge in [0.25, 0.3) is 11.5 Å². The third-order valence-corrected chi connectivity index (χ3v) is 5.71. The third kappa shape index (κ3) is 2.91. The molecular formula is C15H10Cl3N3O2S. The molecule has 0 aliphatic rings. The Labute approximate surface area is 155 Å². The van der Waals surface area contributed by atoms with Crippen molar-refractivity contribution in [1.82, 2.24) is 9.55 Å². The van der Waals surface area contributed by atoms with E-state index in [2.05, 4.69) is 10.3 Å². The minimum absolute atomic E-state index is 0.194. The molecule has 0 unspecified atom stereocenters. The molecule has 3 aromatic rings. The number of fused-ring (bicyclic) bond motifs is 1. The molecule has 3 rings (SSSR count). The van der Waals surface area contributed by atoms with Crippen LogP contribution in [0.3, 0.4) is 0 Å². The molecule has 0 spiro atoms. The van der Waals surface area contributed by atoms with E-state index in [9.17, 15) is 9.59 Å². The molecule has 0 saturated heterocycles. The highest BCUT2D eigenvalue weighted by molar-refractivity contribution is 7.20. The largest absolute Gasteiger partial charge is 0.320 e. The van der Waals surface area contributed by atoms with Crippen molar-refractivity contribution in [2.45, 2.75) is 6.92 Å². The van der Waals surface area contributed by atoms with E-state index >= 15 is 0 Å². The number of anilines is 1. The van der Waals surface area contributed by atoms with Crippen LogP contribution < -0.4 is 10.9 Å². The monoisotopic (exact) mass is 401 g/mol. The molecule has 1 amide bonds. The molecule has 1 aromatic carbocycles. The second kappa shape index (κ2) is 6.37. The Hall–Kier alpha value is -1.60. The van der Waals surface area contributed by atoms with Crippen LogP contribution in [0.4, 0.5) is 5.69 Å². The Bertz CT molecular complexity index is 1040. The van der Waals surface area contributed by atoms with E-state index in [1.807, 2.05) is 0 Å². The smallest absolute Gasteiger partial charge is 0.266 e. The van der Waals surface area contributed by atoms with Crippen LogP contribution in [0, 0.1) is 6.92 Å². The average molecular weight is 403 g/mol. The Morgan fingerprint density at radius 2 is 1.88 bits per heavy atom. The van der Waals surface area contributed by atoms with E-state index in [4.69, 9.17) is 34.8 Å². The number of halogens is 3. The van der Waals surface area contributed by atoms with Crippen LogP contribution in [0.15, 0.2) is 23.3 Å². The first-order valence-electron chi connectivity index (χ1n) is 6.70. The van der Waals surface area contributed by atoms with Gasteiger partial charge in [-0.15, -0.1) is 11.3 Å². The summed E-state index contributed by atoms with van der Waals surface area (Å²) >= 11 is 19.1. The van der Waals surface area contributed by atoms with Gasteiger partial charge in [0, 0.05) is 7.05 Å². The summed E-state index contributed by atoms with van der Waals surface area (Å²) in [6, 6.07) is 2.93. The molecular weight excluding hydrogens is 393 g/mol. The normalized spacial score (nSPS) is 11.0. The number of aryl methyl sites for hydroxylation is 2. The molecule has 0 aliphatic heterocycles. The van der Waals surface area contributed by atoms with Crippen molar-refractivity contribution in [2.24, 2.45) is 7.05 Å². The van der Waals surface area contributed by atoms with E-state index in [1.165, 1.54) is 23.0 Å². The van der Waals surface area contributed by atoms with Crippen LogP contribution in [0.1, 0.15) is 15.2 Å². The molecule has 1 N–H and O–H groups in total. The van der Waals surface area contributed by atoms with E-state index in [-0.39, 0.29) is 15.6 Å². The lowest BCUT2D eigenvalue weighted by atomic mass is 10.2. The van der Waals surface area contributed by atoms with Gasteiger partial charge in [-0.25, -0.2) is 4.98 Å². The molecule has 0 fully saturated rings. The van der Waals surface area contributed by atoms with Crippen LogP contribution in [0.25, 0.3) is 10.2 Å². The first kappa shape index (κ1) is 17.2. The topological polar surface area (TPSA) is 64.0 Å². The molecule has 0 aliphatic carbocycles. The van der Waals surface area contributed by atoms with Crippen molar-refractivity contribution >= 4 is 68.0 Å². The Balaban J connectivity index is 2.04. The number of hydrogen-bond acceptors (Lipinski definition) is 4. The third-order valence-electron chi connectivity index (χ3n) is 3.47. The van der Waals surface area contributed by atoms with Crippen molar-refractivity contribution < 1.29 is 4.79 Å². The highest BCUT2D eigenvalue weighted by atomic mass is 35.5. The van der Waals surface area contributed by atoms with E-state index < -0.39 is 5.91 Å². The second-order valence-corrected chi connectivity index (χ2v) is 7.32. The number of nitrogens with one attached hydrogen (secondary N) is 1. The van der Waals surface area contributed by atoms with Gasteiger partial charge in [0.1, 0.15) is 4.83 Å². The quantitative estimate of drug-likeness (QED) is 0.641. The fraction of sp³-hybridized carbons (Fsp3) is 0.133. The average Bonchev–Trinajstić information content (AvgIpc) is 2.86. The van der Waals surface area contributed by atoms with Gasteiger partial charge in [-0.2, -0.15) is 0 Å². The van der Waals surface area contributed by atoms with Crippen molar-refractivity contribution in [3.8, 4) is 0 Å². The van der Waals surface area contributed by atoms with Crippen LogP contribution in [0.2, 0.25) is 15.1 Å². The lowest BCUT2D eigenvalue weighted by molar-refractivity contribution is 0.103. The zero-order valence-electron chi connectivity index (χ0n) is 12.5. The van der Waals surface area contributed by atoms with Crippen molar-refractivity contribution in [1.29, 1.82) is 0 Å². The summed E-state index contributed by atoms with van der Waals surface area (Å²) in [5.41, 5.74) is 0.728. The van der Waals surface area contributed by atoms with Gasteiger partial charge in [0.15, 0.2) is 0 Å². The number of carbonyl (C=O) groups is 1. The first-order valence-corrected chi connectivity index (χ1v) is 8.65. The zero-order chi connectivity index (χ0) is 17.6. The maximum absolute atomic E-state index is 12.6. The molecule has 0 radical (unpaired) electrons. The van der Waals surface area contributed by atoms with E-state index in [1.54, 1.807) is 14.0 Å². The second-order valence-electron chi connectivity index (χ2n) is 5.10. The summed E-state index contributed by atoms with van der Waals surface area (Å²) in [7, 11) is 1.61. The van der Waals surface area contributed by atoms with Crippen LogP contribution in [-0.2, 0) is 7.05 Å². The number of rotatable bonds is 2. The van der Waals surface area contributed by atoms with Gasteiger partial charge >= 0.3 is 0 Å². The molecule has 0 bridgehead atoms. The van der Waals surface area contributed by atoms with Crippen LogP contribution >= 0.6 is 46.1 Å². The van der Waals surface area contributed by atoms with E-state index in [0.717, 1.165) is 11.3 Å². The predicted molar refractivity (Wildman–Crippen MR) is 99.0 cm³/mol. The Morgan fingerprint density at radius 1 is 1.21 bits per heavy atom. The summed E-state index contributed by atoms with van der Waals surface area (Å²) in [6.45, 7) is 1.72. The lowest BCUT2D eigenvalue weighted by Crippen LogP contribution is -2.17. The summed E-state index contributed by atoms with van der Waals surface area (Å²) in [6.07, 6.45) is 1.43. The number of thiophene rings is 1. The molecule has 2 aromatic heterocycles. The fourth-order valence-corrected chi connectivity index (χ4v) is 3.85. The number of amides is 1. The first-order chi connectivity index (χ1) is 11.3. The SMILES string of the molecule is Cc1c(C(=O)Nc2cc(Cl)c(Cl)cc2Cl)sc2ncn(C)c(=O)c12. The molecule has 0 saturated carbocycles. The number of hydrogen-bond donors (Lipinski definition) is 1. The standard InChI is InChI=1S/C15H10Cl3N3O2S/c1-6-11-14(19-5-21(2)15(11)23)24-12(6)13(22)20-10-4-8(17)7(16)3-9(10)18/h3-5H,1-2H3,(H,20,22). The molecule has 2 heterocycles. The summed E-state index contributed by atoms with van der Waals surface area (Å²) in [5.74, 6) is -0.391. The lowest BCUT2D eigenvalue weighted by Gasteiger charge is -2.08. The van der Waals surface area contributed by atoms with Gasteiger partial charge in [-0.3, -0.25) is 9.59 Å². The summed E-state index contributed by atoms with van der Waals surface area (Å²) < 4.78 is 1.37. The van der Waals surface area contributed by atoms with Crippen molar-refractivity contribution in [2.75, 3.05) is 5.32 Å². The Morgan fingerprint density at radius 3 is 2.58 bits per heavy atom. The molecule has 0 atom stereocenters. The minimum atomic E-state index is -0.391. The number of benzene rings is 1. The number of carbonyl (C=O) groups excluding carboxylic acids is 1. The van der Waals surface area contributed by atoms with Gasteiger partial charge < -0.3 is 9.88 Å². The van der Waals surface area contributed by atoms with Gasteiger partial charge in [0.05, 0.1) is 37.3 Å².